The van der Waals surface area contributed by atoms with Crippen LogP contribution in [0.1, 0.15) is 10.5 Å². The lowest BCUT2D eigenvalue weighted by molar-refractivity contribution is -0.135. The normalized spacial score (nSPS) is 10.8. The molecule has 32 heavy (non-hydrogen) atoms. The van der Waals surface area contributed by atoms with E-state index in [9.17, 15) is 14.7 Å². The molecule has 0 radical (unpaired) electrons. The van der Waals surface area contributed by atoms with Gasteiger partial charge >= 0.3 is 5.97 Å². The molecule has 3 N–H and O–H groups in total. The van der Waals surface area contributed by atoms with Crippen molar-refractivity contribution in [2.75, 3.05) is 13.7 Å². The summed E-state index contributed by atoms with van der Waals surface area (Å²) in [5.41, 5.74) is 1.97. The molecule has 2 heterocycles. The predicted octanol–water partition coefficient (Wildman–Crippen LogP) is 4.21. The number of nitrogens with one attached hydrogen (secondary N) is 1. The number of halogens is 1. The zero-order chi connectivity index (χ0) is 22.8. The van der Waals surface area contributed by atoms with Crippen LogP contribution >= 0.6 is 23.1 Å². The number of hydrogen-bond donors (Lipinski definition) is 3. The van der Waals surface area contributed by atoms with Crippen LogP contribution in [-0.4, -0.2) is 45.1 Å². The van der Waals surface area contributed by atoms with Gasteiger partial charge in [0.2, 0.25) is 0 Å². The summed E-state index contributed by atoms with van der Waals surface area (Å²) in [6.07, 6.45) is 0. The minimum absolute atomic E-state index is 0.292. The zero-order valence-electron chi connectivity index (χ0n) is 16.6. The molecular weight excluding hydrogens is 454 g/mol. The molecule has 4 rings (SSSR count). The van der Waals surface area contributed by atoms with Crippen LogP contribution in [0.2, 0.25) is 5.02 Å². The molecule has 4 aromatic rings. The van der Waals surface area contributed by atoms with Crippen LogP contribution in [0.4, 0.5) is 0 Å². The average Bonchev–Trinajstić information content (AvgIpc) is 3.24. The largest absolute Gasteiger partial charge is 0.505 e. The maximum absolute atomic E-state index is 12.7. The second kappa shape index (κ2) is 8.81. The number of ether oxygens (including phenoxy) is 1. The molecule has 0 saturated heterocycles. The minimum atomic E-state index is -1.21. The number of aromatic hydroxyl groups is 1. The number of carboxylic acid groups (broad SMARTS) is 1. The molecular formula is C22H16ClN3O5S. The molecule has 0 fully saturated rings. The predicted molar refractivity (Wildman–Crippen MR) is 121 cm³/mol. The van der Waals surface area contributed by atoms with E-state index in [1.54, 1.807) is 55.6 Å². The fourth-order valence-electron chi connectivity index (χ4n) is 3.15. The van der Waals surface area contributed by atoms with Gasteiger partial charge in [-0.25, -0.2) is 4.98 Å². The van der Waals surface area contributed by atoms with Gasteiger partial charge in [0.25, 0.3) is 5.91 Å². The van der Waals surface area contributed by atoms with Crippen molar-refractivity contribution < 1.29 is 24.5 Å². The molecule has 0 spiro atoms. The van der Waals surface area contributed by atoms with E-state index in [0.717, 1.165) is 11.5 Å². The number of hydrogen-bond acceptors (Lipinski definition) is 7. The quantitative estimate of drug-likeness (QED) is 0.386. The molecule has 0 aliphatic heterocycles. The number of carbonyl (C=O) groups is 2. The van der Waals surface area contributed by atoms with Gasteiger partial charge in [-0.05, 0) is 47.9 Å². The Kier molecular flexibility index (Phi) is 5.93. The highest BCUT2D eigenvalue weighted by molar-refractivity contribution is 7.14. The number of pyridine rings is 1. The summed E-state index contributed by atoms with van der Waals surface area (Å²) in [6.45, 7) is -0.609. The first-order valence-corrected chi connectivity index (χ1v) is 10.5. The van der Waals surface area contributed by atoms with E-state index in [2.05, 4.69) is 14.7 Å². The number of amides is 1. The molecule has 2 aromatic heterocycles. The minimum Gasteiger partial charge on any atom is -0.505 e. The van der Waals surface area contributed by atoms with Gasteiger partial charge in [-0.3, -0.25) is 9.59 Å². The molecule has 162 valence electrons. The van der Waals surface area contributed by atoms with E-state index in [1.807, 2.05) is 0 Å². The zero-order valence-corrected chi connectivity index (χ0v) is 18.2. The molecule has 0 aliphatic carbocycles. The lowest BCUT2D eigenvalue weighted by Crippen LogP contribution is -2.30. The topological polar surface area (TPSA) is 122 Å². The number of aromatic nitrogens is 2. The molecule has 0 atom stereocenters. The highest BCUT2D eigenvalue weighted by Crippen LogP contribution is 2.43. The molecule has 0 unspecified atom stereocenters. The summed E-state index contributed by atoms with van der Waals surface area (Å²) >= 11 is 7.13. The van der Waals surface area contributed by atoms with Crippen molar-refractivity contribution in [2.24, 2.45) is 0 Å². The number of carbonyl (C=O) groups excluding carboxylic acids is 1. The van der Waals surface area contributed by atoms with E-state index >= 15 is 0 Å². The van der Waals surface area contributed by atoms with Crippen molar-refractivity contribution in [3.05, 3.63) is 59.2 Å². The van der Waals surface area contributed by atoms with Gasteiger partial charge in [0.15, 0.2) is 11.4 Å². The van der Waals surface area contributed by atoms with E-state index in [0.29, 0.717) is 43.4 Å². The Morgan fingerprint density at radius 2 is 1.69 bits per heavy atom. The maximum Gasteiger partial charge on any atom is 0.322 e. The Bertz CT molecular complexity index is 1320. The lowest BCUT2D eigenvalue weighted by Gasteiger charge is -2.11. The second-order valence-electron chi connectivity index (χ2n) is 6.70. The van der Waals surface area contributed by atoms with E-state index in [4.69, 9.17) is 21.4 Å². The molecule has 8 nitrogen and oxygen atoms in total. The number of methoxy groups -OCH3 is 1. The number of aliphatic carboxylic acids is 1. The van der Waals surface area contributed by atoms with E-state index < -0.39 is 18.4 Å². The summed E-state index contributed by atoms with van der Waals surface area (Å²) in [5, 5.41) is 23.0. The van der Waals surface area contributed by atoms with Gasteiger partial charge in [0.05, 0.1) is 28.6 Å². The van der Waals surface area contributed by atoms with Gasteiger partial charge in [0.1, 0.15) is 12.3 Å². The van der Waals surface area contributed by atoms with Crippen LogP contribution in [0.3, 0.4) is 0 Å². The third-order valence-corrected chi connectivity index (χ3v) is 5.79. The first kappa shape index (κ1) is 21.5. The van der Waals surface area contributed by atoms with Crippen molar-refractivity contribution in [1.29, 1.82) is 0 Å². The van der Waals surface area contributed by atoms with Gasteiger partial charge in [-0.2, -0.15) is 4.37 Å². The Morgan fingerprint density at radius 3 is 2.31 bits per heavy atom. The van der Waals surface area contributed by atoms with Crippen LogP contribution in [0.25, 0.3) is 32.6 Å². The number of fused-ring (bicyclic) bond motifs is 1. The van der Waals surface area contributed by atoms with Crippen molar-refractivity contribution in [3.8, 4) is 34.0 Å². The Labute approximate surface area is 191 Å². The molecule has 0 aliphatic rings. The summed E-state index contributed by atoms with van der Waals surface area (Å²) in [6, 6.07) is 14.0. The van der Waals surface area contributed by atoms with E-state index in [-0.39, 0.29) is 11.4 Å². The number of nitrogens with zero attached hydrogens (tertiary/aromatic N) is 2. The molecule has 0 bridgehead atoms. The van der Waals surface area contributed by atoms with Crippen LogP contribution in [-0.2, 0) is 4.79 Å². The number of carboxylic acids is 1. The number of rotatable bonds is 6. The molecule has 0 saturated carbocycles. The van der Waals surface area contributed by atoms with Crippen LogP contribution in [0.15, 0.2) is 48.5 Å². The summed E-state index contributed by atoms with van der Waals surface area (Å²) in [5.74, 6) is -1.75. The lowest BCUT2D eigenvalue weighted by atomic mass is 10.0. The Morgan fingerprint density at radius 1 is 1.06 bits per heavy atom. The van der Waals surface area contributed by atoms with Gasteiger partial charge in [-0.1, -0.05) is 23.7 Å². The first-order chi connectivity index (χ1) is 15.4. The van der Waals surface area contributed by atoms with Crippen LogP contribution < -0.4 is 10.1 Å². The Hall–Kier alpha value is -3.69. The summed E-state index contributed by atoms with van der Waals surface area (Å²) in [7, 11) is 1.55. The highest BCUT2D eigenvalue weighted by atomic mass is 35.5. The Balaban J connectivity index is 1.95. The molecule has 10 heteroatoms. The monoisotopic (exact) mass is 469 g/mol. The summed E-state index contributed by atoms with van der Waals surface area (Å²) in [4.78, 5) is 27.9. The summed E-state index contributed by atoms with van der Waals surface area (Å²) < 4.78 is 10.3. The van der Waals surface area contributed by atoms with E-state index in [1.165, 1.54) is 0 Å². The second-order valence-corrected chi connectivity index (χ2v) is 7.91. The van der Waals surface area contributed by atoms with Crippen molar-refractivity contribution in [2.45, 2.75) is 0 Å². The average molecular weight is 470 g/mol. The molecule has 1 amide bonds. The van der Waals surface area contributed by atoms with Gasteiger partial charge in [-0.15, -0.1) is 0 Å². The van der Waals surface area contributed by atoms with Crippen LogP contribution in [0, 0.1) is 0 Å². The third kappa shape index (κ3) is 4.08. The maximum atomic E-state index is 12.7. The highest BCUT2D eigenvalue weighted by Gasteiger charge is 2.25. The fourth-order valence-corrected chi connectivity index (χ4v) is 4.19. The standard InChI is InChI=1S/C22H16ClN3O5S/c1-31-14-8-4-12(5-9-14)18-21-16(17(26-32-21)11-2-6-13(23)7-3-11)20(29)19(25-18)22(30)24-10-15(27)28/h2-9,29H,10H2,1H3,(H,24,30)(H,27,28). The van der Waals surface area contributed by atoms with Gasteiger partial charge in [0, 0.05) is 16.1 Å². The van der Waals surface area contributed by atoms with Crippen molar-refractivity contribution in [3.63, 3.8) is 0 Å². The SMILES string of the molecule is COc1ccc(-c2nc(C(=O)NCC(=O)O)c(O)c3c(-c4ccc(Cl)cc4)nsc23)cc1. The van der Waals surface area contributed by atoms with Gasteiger partial charge < -0.3 is 20.3 Å². The van der Waals surface area contributed by atoms with Crippen molar-refractivity contribution in [1.82, 2.24) is 14.7 Å². The molecule has 2 aromatic carbocycles. The fraction of sp³-hybridized carbons (Fsp3) is 0.0909. The van der Waals surface area contributed by atoms with Crippen LogP contribution in [0.5, 0.6) is 11.5 Å². The number of benzene rings is 2. The smallest absolute Gasteiger partial charge is 0.322 e. The first-order valence-electron chi connectivity index (χ1n) is 9.31. The van der Waals surface area contributed by atoms with Crippen molar-refractivity contribution >= 4 is 45.1 Å². The third-order valence-electron chi connectivity index (χ3n) is 4.69.